The summed E-state index contributed by atoms with van der Waals surface area (Å²) < 4.78 is -1.89. The van der Waals surface area contributed by atoms with Crippen molar-refractivity contribution in [2.75, 3.05) is 6.54 Å². The smallest absolute Gasteiger partial charge is 0.272 e. The van der Waals surface area contributed by atoms with E-state index in [2.05, 4.69) is 5.32 Å². The van der Waals surface area contributed by atoms with Gasteiger partial charge in [-0.15, -0.1) is 0 Å². The van der Waals surface area contributed by atoms with Crippen LogP contribution < -0.4 is 5.32 Å². The average Bonchev–Trinajstić information content (AvgIpc) is 2.20. The standard InChI is InChI=1S/C10H14Cl3NO2/c11-10(12,13)9(16)14-7-5-3-1-2-4-6-8-15/h2,4,8H,1,3,5-7H2,(H,14,16). The van der Waals surface area contributed by atoms with Crippen molar-refractivity contribution in [2.45, 2.75) is 29.5 Å². The van der Waals surface area contributed by atoms with E-state index in [1.165, 1.54) is 0 Å². The average molecular weight is 287 g/mol. The second kappa shape index (κ2) is 8.85. The number of hydrogen-bond acceptors (Lipinski definition) is 2. The first-order chi connectivity index (χ1) is 7.48. The van der Waals surface area contributed by atoms with E-state index in [0.717, 1.165) is 25.5 Å². The molecule has 0 rings (SSSR count). The maximum absolute atomic E-state index is 11.1. The molecule has 0 aromatic heterocycles. The number of carbonyl (C=O) groups is 2. The molecule has 92 valence electrons. The van der Waals surface area contributed by atoms with E-state index in [1.54, 1.807) is 0 Å². The van der Waals surface area contributed by atoms with Crippen LogP contribution in [0.1, 0.15) is 25.7 Å². The second-order valence-corrected chi connectivity index (χ2v) is 5.40. The summed E-state index contributed by atoms with van der Waals surface area (Å²) in [6.45, 7) is 0.480. The molecule has 0 aliphatic carbocycles. The molecule has 0 aromatic rings. The van der Waals surface area contributed by atoms with Gasteiger partial charge in [-0.3, -0.25) is 4.79 Å². The lowest BCUT2D eigenvalue weighted by Gasteiger charge is -2.10. The number of carbonyl (C=O) groups excluding carboxylic acids is 2. The number of alkyl halides is 3. The molecule has 0 aliphatic rings. The van der Waals surface area contributed by atoms with Crippen molar-refractivity contribution >= 4 is 47.0 Å². The maximum atomic E-state index is 11.1. The van der Waals surface area contributed by atoms with Crippen molar-refractivity contribution in [1.29, 1.82) is 0 Å². The fourth-order valence-corrected chi connectivity index (χ4v) is 1.16. The predicted octanol–water partition coefficient (Wildman–Crippen LogP) is 2.79. The third kappa shape index (κ3) is 9.01. The molecule has 0 saturated heterocycles. The fraction of sp³-hybridized carbons (Fsp3) is 0.600. The summed E-state index contributed by atoms with van der Waals surface area (Å²) in [4.78, 5) is 21.1. The molecular formula is C10H14Cl3NO2. The van der Waals surface area contributed by atoms with Crippen molar-refractivity contribution < 1.29 is 9.59 Å². The lowest BCUT2D eigenvalue weighted by atomic mass is 10.2. The quantitative estimate of drug-likeness (QED) is 0.338. The highest BCUT2D eigenvalue weighted by Crippen LogP contribution is 2.25. The second-order valence-electron chi connectivity index (χ2n) is 3.12. The SMILES string of the molecule is O=CCC=CCCCCNC(=O)C(Cl)(Cl)Cl. The topological polar surface area (TPSA) is 46.2 Å². The van der Waals surface area contributed by atoms with Crippen molar-refractivity contribution in [2.24, 2.45) is 0 Å². The molecule has 1 N–H and O–H groups in total. The summed E-state index contributed by atoms with van der Waals surface area (Å²) in [6.07, 6.45) is 7.63. The number of amides is 1. The first kappa shape index (κ1) is 15.8. The Balaban J connectivity index is 3.41. The van der Waals surface area contributed by atoms with Gasteiger partial charge >= 0.3 is 0 Å². The van der Waals surface area contributed by atoms with E-state index in [0.29, 0.717) is 13.0 Å². The number of aldehydes is 1. The number of unbranched alkanes of at least 4 members (excludes halogenated alkanes) is 2. The van der Waals surface area contributed by atoms with Gasteiger partial charge in [0.2, 0.25) is 0 Å². The largest absolute Gasteiger partial charge is 0.352 e. The summed E-state index contributed by atoms with van der Waals surface area (Å²) in [6, 6.07) is 0. The Labute approximate surface area is 110 Å². The summed E-state index contributed by atoms with van der Waals surface area (Å²) in [5, 5.41) is 2.51. The van der Waals surface area contributed by atoms with E-state index in [4.69, 9.17) is 34.8 Å². The number of allylic oxidation sites excluding steroid dienone is 2. The van der Waals surface area contributed by atoms with Crippen LogP contribution in [0.3, 0.4) is 0 Å². The molecule has 0 spiro atoms. The number of halogens is 3. The highest BCUT2D eigenvalue weighted by molar-refractivity contribution is 6.76. The summed E-state index contributed by atoms with van der Waals surface area (Å²) in [7, 11) is 0. The van der Waals surface area contributed by atoms with Crippen LogP contribution in [0, 0.1) is 0 Å². The minimum atomic E-state index is -1.89. The van der Waals surface area contributed by atoms with Gasteiger partial charge in [0.05, 0.1) is 0 Å². The lowest BCUT2D eigenvalue weighted by Crippen LogP contribution is -2.35. The number of rotatable bonds is 7. The Morgan fingerprint density at radius 3 is 2.44 bits per heavy atom. The summed E-state index contributed by atoms with van der Waals surface area (Å²) >= 11 is 16.1. The summed E-state index contributed by atoms with van der Waals surface area (Å²) in [5.74, 6) is -0.603. The molecule has 1 amide bonds. The normalized spacial score (nSPS) is 11.7. The minimum Gasteiger partial charge on any atom is -0.352 e. The molecule has 6 heteroatoms. The van der Waals surface area contributed by atoms with Gasteiger partial charge in [-0.05, 0) is 19.3 Å². The van der Waals surface area contributed by atoms with Crippen LogP contribution >= 0.6 is 34.8 Å². The first-order valence-electron chi connectivity index (χ1n) is 4.92. The van der Waals surface area contributed by atoms with E-state index in [1.807, 2.05) is 12.2 Å². The van der Waals surface area contributed by atoms with E-state index in [9.17, 15) is 9.59 Å². The van der Waals surface area contributed by atoms with Crippen molar-refractivity contribution in [3.8, 4) is 0 Å². The Bertz CT molecular complexity index is 249. The summed E-state index contributed by atoms with van der Waals surface area (Å²) in [5.41, 5.74) is 0. The van der Waals surface area contributed by atoms with Gasteiger partial charge in [0.15, 0.2) is 0 Å². The maximum Gasteiger partial charge on any atom is 0.272 e. The Kier molecular flexibility index (Phi) is 8.71. The first-order valence-corrected chi connectivity index (χ1v) is 6.05. The molecule has 0 unspecified atom stereocenters. The van der Waals surface area contributed by atoms with Crippen LogP contribution in [0.5, 0.6) is 0 Å². The molecule has 0 saturated carbocycles. The van der Waals surface area contributed by atoms with Gasteiger partial charge in [0, 0.05) is 13.0 Å². The molecule has 0 heterocycles. The van der Waals surface area contributed by atoms with Crippen LogP contribution in [0.4, 0.5) is 0 Å². The molecule has 0 atom stereocenters. The monoisotopic (exact) mass is 285 g/mol. The minimum absolute atomic E-state index is 0.448. The lowest BCUT2D eigenvalue weighted by molar-refractivity contribution is -0.120. The zero-order valence-corrected chi connectivity index (χ0v) is 11.0. The van der Waals surface area contributed by atoms with Crippen LogP contribution in [0.15, 0.2) is 12.2 Å². The van der Waals surface area contributed by atoms with Crippen molar-refractivity contribution in [3.05, 3.63) is 12.2 Å². The third-order valence-electron chi connectivity index (χ3n) is 1.74. The van der Waals surface area contributed by atoms with Crippen molar-refractivity contribution in [3.63, 3.8) is 0 Å². The zero-order chi connectivity index (χ0) is 12.4. The van der Waals surface area contributed by atoms with Crippen LogP contribution in [0.2, 0.25) is 0 Å². The Morgan fingerprint density at radius 1 is 1.19 bits per heavy atom. The number of hydrogen-bond donors (Lipinski definition) is 1. The Morgan fingerprint density at radius 2 is 1.88 bits per heavy atom. The third-order valence-corrected chi connectivity index (χ3v) is 2.25. The molecule has 16 heavy (non-hydrogen) atoms. The highest BCUT2D eigenvalue weighted by Gasteiger charge is 2.29. The predicted molar refractivity (Wildman–Crippen MR) is 67.0 cm³/mol. The van der Waals surface area contributed by atoms with Crippen LogP contribution in [-0.2, 0) is 9.59 Å². The molecular weight excluding hydrogens is 272 g/mol. The van der Waals surface area contributed by atoms with Crippen LogP contribution in [0.25, 0.3) is 0 Å². The van der Waals surface area contributed by atoms with E-state index >= 15 is 0 Å². The van der Waals surface area contributed by atoms with E-state index in [-0.39, 0.29) is 0 Å². The van der Waals surface area contributed by atoms with Gasteiger partial charge in [0.25, 0.3) is 9.70 Å². The molecule has 0 fully saturated rings. The van der Waals surface area contributed by atoms with Gasteiger partial charge in [-0.1, -0.05) is 47.0 Å². The van der Waals surface area contributed by atoms with Gasteiger partial charge < -0.3 is 10.1 Å². The fourth-order valence-electron chi connectivity index (χ4n) is 0.959. The molecule has 0 radical (unpaired) electrons. The molecule has 0 aliphatic heterocycles. The Hall–Kier alpha value is -0.250. The highest BCUT2D eigenvalue weighted by atomic mass is 35.6. The zero-order valence-electron chi connectivity index (χ0n) is 8.72. The number of nitrogens with one attached hydrogen (secondary N) is 1. The van der Waals surface area contributed by atoms with Gasteiger partial charge in [-0.25, -0.2) is 0 Å². The van der Waals surface area contributed by atoms with Crippen molar-refractivity contribution in [1.82, 2.24) is 5.32 Å². The van der Waals surface area contributed by atoms with Gasteiger partial charge in [0.1, 0.15) is 6.29 Å². The molecule has 0 bridgehead atoms. The molecule has 0 aromatic carbocycles. The van der Waals surface area contributed by atoms with Gasteiger partial charge in [-0.2, -0.15) is 0 Å². The van der Waals surface area contributed by atoms with E-state index < -0.39 is 9.70 Å². The molecule has 3 nitrogen and oxygen atoms in total. The van der Waals surface area contributed by atoms with Crippen LogP contribution in [-0.4, -0.2) is 22.5 Å².